The molecular weight excluding hydrogens is 609 g/mol. The number of ether oxygens (including phenoxy) is 2. The van der Waals surface area contributed by atoms with Crippen LogP contribution in [0.4, 0.5) is 0 Å². The van der Waals surface area contributed by atoms with Gasteiger partial charge in [0, 0.05) is 42.3 Å². The van der Waals surface area contributed by atoms with Crippen molar-refractivity contribution < 1.29 is 22.7 Å². The number of nitrogens with zero attached hydrogens (tertiary/aromatic N) is 2. The van der Waals surface area contributed by atoms with E-state index in [1.165, 1.54) is 22.0 Å². The molecule has 12 heteroatoms. The van der Waals surface area contributed by atoms with Gasteiger partial charge in [0.1, 0.15) is 11.5 Å². The number of carbonyl (C=O) groups is 1. The molecule has 41 heavy (non-hydrogen) atoms. The second-order valence-corrected chi connectivity index (χ2v) is 14.0. The predicted molar refractivity (Wildman–Crippen MR) is 160 cm³/mol. The van der Waals surface area contributed by atoms with Gasteiger partial charge in [0.05, 0.1) is 29.9 Å². The first kappa shape index (κ1) is 31.0. The lowest BCUT2D eigenvalue weighted by atomic mass is 9.73. The van der Waals surface area contributed by atoms with E-state index in [4.69, 9.17) is 44.3 Å². The minimum absolute atomic E-state index is 0.0224. The Kier molecular flexibility index (Phi) is 10.2. The molecule has 3 fully saturated rings. The van der Waals surface area contributed by atoms with E-state index >= 15 is 0 Å². The van der Waals surface area contributed by atoms with Crippen molar-refractivity contribution in [1.29, 1.82) is 0 Å². The van der Waals surface area contributed by atoms with Crippen LogP contribution in [0.25, 0.3) is 0 Å². The monoisotopic (exact) mass is 643 g/mol. The molecule has 1 saturated carbocycles. The number of benzene rings is 2. The maximum atomic E-state index is 13.4. The summed E-state index contributed by atoms with van der Waals surface area (Å²) in [5.41, 5.74) is 1.28. The van der Waals surface area contributed by atoms with Crippen molar-refractivity contribution in [2.75, 3.05) is 46.1 Å². The Bertz CT molecular complexity index is 1290. The van der Waals surface area contributed by atoms with Crippen LogP contribution >= 0.6 is 34.8 Å². The van der Waals surface area contributed by atoms with Crippen molar-refractivity contribution in [1.82, 2.24) is 14.5 Å². The Hall–Kier alpha value is -1.43. The zero-order valence-corrected chi connectivity index (χ0v) is 26.0. The van der Waals surface area contributed by atoms with Gasteiger partial charge in [-0.05, 0) is 56.2 Å². The molecule has 224 valence electrons. The number of sulfonamides is 1. The fourth-order valence-electron chi connectivity index (χ4n) is 6.51. The SMILES string of the molecule is O=C(COCC1CCCN1S(=O)(=O)c1c(Cl)cc(Cl)cc1Cl)NC1CCC(c2ccccc2)(N2CCOCC2)CC1. The molecule has 1 unspecified atom stereocenters. The van der Waals surface area contributed by atoms with Gasteiger partial charge in [-0.2, -0.15) is 4.31 Å². The molecule has 2 aromatic carbocycles. The maximum absolute atomic E-state index is 13.4. The van der Waals surface area contributed by atoms with E-state index in [0.717, 1.165) is 52.0 Å². The molecule has 0 radical (unpaired) electrons. The minimum atomic E-state index is -3.96. The molecule has 0 spiro atoms. The molecular formula is C29H36Cl3N3O5S. The van der Waals surface area contributed by atoms with Crippen molar-refractivity contribution in [3.05, 3.63) is 63.1 Å². The normalized spacial score (nSPS) is 26.2. The third-order valence-electron chi connectivity index (χ3n) is 8.50. The highest BCUT2D eigenvalue weighted by Crippen LogP contribution is 2.43. The summed E-state index contributed by atoms with van der Waals surface area (Å²) >= 11 is 18.4. The van der Waals surface area contributed by atoms with Gasteiger partial charge in [0.25, 0.3) is 0 Å². The van der Waals surface area contributed by atoms with Crippen LogP contribution in [-0.4, -0.2) is 81.7 Å². The fourth-order valence-corrected chi connectivity index (χ4v) is 9.68. The van der Waals surface area contributed by atoms with Crippen LogP contribution in [0, 0.1) is 0 Å². The maximum Gasteiger partial charge on any atom is 0.246 e. The smallest absolute Gasteiger partial charge is 0.246 e. The van der Waals surface area contributed by atoms with Gasteiger partial charge in [0.2, 0.25) is 15.9 Å². The first-order chi connectivity index (χ1) is 19.7. The Morgan fingerprint density at radius 1 is 1.00 bits per heavy atom. The van der Waals surface area contributed by atoms with Crippen molar-refractivity contribution >= 4 is 50.7 Å². The average molecular weight is 645 g/mol. The van der Waals surface area contributed by atoms with E-state index in [9.17, 15) is 13.2 Å². The fraction of sp³-hybridized carbons (Fsp3) is 0.552. The molecule has 1 aliphatic carbocycles. The number of hydrogen-bond acceptors (Lipinski definition) is 6. The second kappa shape index (κ2) is 13.5. The molecule has 2 heterocycles. The topological polar surface area (TPSA) is 88.2 Å². The first-order valence-electron chi connectivity index (χ1n) is 14.1. The molecule has 1 amide bonds. The van der Waals surface area contributed by atoms with Crippen LogP contribution in [-0.2, 0) is 29.8 Å². The van der Waals surface area contributed by atoms with Gasteiger partial charge in [0.15, 0.2) is 0 Å². The molecule has 1 N–H and O–H groups in total. The number of morpholine rings is 1. The highest BCUT2D eigenvalue weighted by Gasteiger charge is 2.42. The van der Waals surface area contributed by atoms with E-state index in [1.54, 1.807) is 0 Å². The summed E-state index contributed by atoms with van der Waals surface area (Å²) in [4.78, 5) is 15.2. The standard InChI is InChI=1S/C29H36Cl3N3O5S/c30-22-17-25(31)28(26(32)18-22)41(37,38)35-12-4-7-24(35)19-40-20-27(36)33-23-8-10-29(11-9-23,21-5-2-1-3-6-21)34-13-15-39-16-14-34/h1-3,5-6,17-18,23-24H,4,7-16,19-20H2,(H,33,36). The van der Waals surface area contributed by atoms with Gasteiger partial charge in [-0.1, -0.05) is 65.1 Å². The van der Waals surface area contributed by atoms with E-state index in [1.807, 2.05) is 6.07 Å². The van der Waals surface area contributed by atoms with Crippen LogP contribution in [0.15, 0.2) is 47.4 Å². The van der Waals surface area contributed by atoms with Crippen molar-refractivity contribution in [3.63, 3.8) is 0 Å². The summed E-state index contributed by atoms with van der Waals surface area (Å²) in [5.74, 6) is -0.190. The second-order valence-electron chi connectivity index (χ2n) is 11.0. The predicted octanol–water partition coefficient (Wildman–Crippen LogP) is 5.10. The van der Waals surface area contributed by atoms with E-state index in [-0.39, 0.29) is 50.7 Å². The number of amides is 1. The first-order valence-corrected chi connectivity index (χ1v) is 16.7. The quantitative estimate of drug-likeness (QED) is 0.409. The Morgan fingerprint density at radius 3 is 2.32 bits per heavy atom. The van der Waals surface area contributed by atoms with Crippen LogP contribution < -0.4 is 5.32 Å². The summed E-state index contributed by atoms with van der Waals surface area (Å²) in [5, 5.41) is 3.35. The van der Waals surface area contributed by atoms with Gasteiger partial charge in [-0.15, -0.1) is 0 Å². The molecule has 1 atom stereocenters. The molecule has 5 rings (SSSR count). The van der Waals surface area contributed by atoms with Gasteiger partial charge in [-0.25, -0.2) is 8.42 Å². The summed E-state index contributed by atoms with van der Waals surface area (Å²) in [6.07, 6.45) is 4.94. The zero-order chi connectivity index (χ0) is 29.0. The van der Waals surface area contributed by atoms with E-state index < -0.39 is 16.1 Å². The molecule has 8 nitrogen and oxygen atoms in total. The minimum Gasteiger partial charge on any atom is -0.379 e. The van der Waals surface area contributed by atoms with Gasteiger partial charge >= 0.3 is 0 Å². The third kappa shape index (κ3) is 6.88. The van der Waals surface area contributed by atoms with Crippen LogP contribution in [0.1, 0.15) is 44.1 Å². The van der Waals surface area contributed by atoms with Crippen LogP contribution in [0.2, 0.25) is 15.1 Å². The van der Waals surface area contributed by atoms with Crippen molar-refractivity contribution in [2.45, 2.75) is 61.0 Å². The number of nitrogens with one attached hydrogen (secondary N) is 1. The number of halogens is 3. The third-order valence-corrected chi connectivity index (χ3v) is 11.6. The molecule has 3 aliphatic rings. The van der Waals surface area contributed by atoms with E-state index in [0.29, 0.717) is 19.4 Å². The Morgan fingerprint density at radius 2 is 1.66 bits per heavy atom. The largest absolute Gasteiger partial charge is 0.379 e. The lowest BCUT2D eigenvalue weighted by Crippen LogP contribution is -2.55. The lowest BCUT2D eigenvalue weighted by Gasteiger charge is -2.50. The van der Waals surface area contributed by atoms with Gasteiger partial charge < -0.3 is 14.8 Å². The van der Waals surface area contributed by atoms with Crippen molar-refractivity contribution in [2.24, 2.45) is 0 Å². The van der Waals surface area contributed by atoms with E-state index in [2.05, 4.69) is 34.5 Å². The molecule has 2 aromatic rings. The summed E-state index contributed by atoms with van der Waals surface area (Å²) in [6, 6.07) is 13.0. The molecule has 0 aromatic heterocycles. The zero-order valence-electron chi connectivity index (χ0n) is 22.9. The number of carbonyl (C=O) groups excluding carboxylic acids is 1. The molecule has 0 bridgehead atoms. The average Bonchev–Trinajstić information content (AvgIpc) is 3.43. The Balaban J connectivity index is 1.14. The van der Waals surface area contributed by atoms with Crippen LogP contribution in [0.3, 0.4) is 0 Å². The Labute approximate surface area is 257 Å². The highest BCUT2D eigenvalue weighted by molar-refractivity contribution is 7.89. The van der Waals surface area contributed by atoms with Crippen molar-refractivity contribution in [3.8, 4) is 0 Å². The highest BCUT2D eigenvalue weighted by atomic mass is 35.5. The number of rotatable bonds is 9. The summed E-state index contributed by atoms with van der Waals surface area (Å²) < 4.78 is 39.5. The van der Waals surface area contributed by atoms with Gasteiger partial charge in [-0.3, -0.25) is 9.69 Å². The summed E-state index contributed by atoms with van der Waals surface area (Å²) in [6.45, 7) is 3.60. The van der Waals surface area contributed by atoms with Crippen LogP contribution in [0.5, 0.6) is 0 Å². The molecule has 2 saturated heterocycles. The molecule has 2 aliphatic heterocycles. The lowest BCUT2D eigenvalue weighted by molar-refractivity contribution is -0.127. The number of hydrogen-bond donors (Lipinski definition) is 1. The summed E-state index contributed by atoms with van der Waals surface area (Å²) in [7, 11) is -3.96.